The Balaban J connectivity index is 2.12. The molecular formula is C20H21N3O2. The van der Waals surface area contributed by atoms with Gasteiger partial charge in [0.1, 0.15) is 6.04 Å². The Morgan fingerprint density at radius 2 is 1.76 bits per heavy atom. The van der Waals surface area contributed by atoms with Crippen LogP contribution in [0.5, 0.6) is 0 Å². The summed E-state index contributed by atoms with van der Waals surface area (Å²) in [5.74, 6) is -0.537. The maximum Gasteiger partial charge on any atom is 0.251 e. The number of benzene rings is 2. The first-order valence-corrected chi connectivity index (χ1v) is 8.26. The molecule has 0 radical (unpaired) electrons. The van der Waals surface area contributed by atoms with Crippen LogP contribution in [0, 0.1) is 11.3 Å². The number of hydrogen-bond donors (Lipinski definition) is 2. The Hall–Kier alpha value is -3.13. The number of rotatable bonds is 7. The average Bonchev–Trinajstić information content (AvgIpc) is 2.66. The van der Waals surface area contributed by atoms with Gasteiger partial charge in [0, 0.05) is 18.5 Å². The highest BCUT2D eigenvalue weighted by Crippen LogP contribution is 2.07. The molecule has 0 fully saturated rings. The van der Waals surface area contributed by atoms with Gasteiger partial charge in [-0.05, 0) is 36.2 Å². The molecule has 2 aromatic carbocycles. The summed E-state index contributed by atoms with van der Waals surface area (Å²) in [5.41, 5.74) is 1.87. The molecule has 0 saturated carbocycles. The monoisotopic (exact) mass is 335 g/mol. The molecule has 1 unspecified atom stereocenters. The van der Waals surface area contributed by atoms with Gasteiger partial charge in [-0.25, -0.2) is 0 Å². The molecule has 25 heavy (non-hydrogen) atoms. The molecule has 5 heteroatoms. The van der Waals surface area contributed by atoms with Crippen LogP contribution in [0.25, 0.3) is 0 Å². The number of carbonyl (C=O) groups is 2. The summed E-state index contributed by atoms with van der Waals surface area (Å²) in [6.07, 6.45) is 1.24. The smallest absolute Gasteiger partial charge is 0.251 e. The average molecular weight is 335 g/mol. The molecule has 0 spiro atoms. The third-order valence-corrected chi connectivity index (χ3v) is 3.73. The van der Waals surface area contributed by atoms with Crippen molar-refractivity contribution in [1.82, 2.24) is 10.6 Å². The van der Waals surface area contributed by atoms with Crippen LogP contribution < -0.4 is 10.6 Å². The van der Waals surface area contributed by atoms with Crippen molar-refractivity contribution >= 4 is 11.8 Å². The van der Waals surface area contributed by atoms with Crippen LogP contribution in [0.2, 0.25) is 0 Å². The fraction of sp³-hybridized carbons (Fsp3) is 0.250. The summed E-state index contributed by atoms with van der Waals surface area (Å²) in [4.78, 5) is 24.9. The Bertz CT molecular complexity index is 749. The minimum atomic E-state index is -0.655. The second kappa shape index (κ2) is 9.24. The highest BCUT2D eigenvalue weighted by molar-refractivity contribution is 5.97. The fourth-order valence-electron chi connectivity index (χ4n) is 2.37. The molecule has 0 aromatic heterocycles. The maximum absolute atomic E-state index is 12.4. The summed E-state index contributed by atoms with van der Waals surface area (Å²) in [5, 5.41) is 14.5. The van der Waals surface area contributed by atoms with Crippen molar-refractivity contribution in [2.24, 2.45) is 0 Å². The van der Waals surface area contributed by atoms with Crippen LogP contribution in [0.4, 0.5) is 0 Å². The van der Waals surface area contributed by atoms with Crippen LogP contribution in [0.15, 0.2) is 54.6 Å². The fourth-order valence-corrected chi connectivity index (χ4v) is 2.37. The predicted octanol–water partition coefficient (Wildman–Crippen LogP) is 2.43. The quantitative estimate of drug-likeness (QED) is 0.815. The first-order valence-electron chi connectivity index (χ1n) is 8.26. The van der Waals surface area contributed by atoms with Crippen molar-refractivity contribution < 1.29 is 9.59 Å². The standard InChI is InChI=1S/C20H21N3O2/c1-2-12-22-20(25)18(13-15-6-4-3-5-7-15)23-19(24)17-10-8-16(14-21)9-11-17/h3-11,18H,2,12-13H2,1H3,(H,22,25)(H,23,24). The molecule has 2 rings (SSSR count). The molecule has 0 aliphatic rings. The van der Waals surface area contributed by atoms with Gasteiger partial charge in [0.25, 0.3) is 5.91 Å². The zero-order valence-corrected chi connectivity index (χ0v) is 14.2. The van der Waals surface area contributed by atoms with Gasteiger partial charge < -0.3 is 10.6 Å². The van der Waals surface area contributed by atoms with Crippen LogP contribution in [0.1, 0.15) is 34.8 Å². The normalized spacial score (nSPS) is 11.2. The van der Waals surface area contributed by atoms with E-state index in [-0.39, 0.29) is 11.8 Å². The van der Waals surface area contributed by atoms with Gasteiger partial charge in [-0.1, -0.05) is 37.3 Å². The molecule has 2 N–H and O–H groups in total. The van der Waals surface area contributed by atoms with Crippen molar-refractivity contribution in [3.63, 3.8) is 0 Å². The molecule has 0 aliphatic heterocycles. The maximum atomic E-state index is 12.4. The Morgan fingerprint density at radius 1 is 1.08 bits per heavy atom. The zero-order chi connectivity index (χ0) is 18.1. The van der Waals surface area contributed by atoms with Gasteiger partial charge >= 0.3 is 0 Å². The molecule has 1 atom stereocenters. The Labute approximate surface area is 147 Å². The highest BCUT2D eigenvalue weighted by atomic mass is 16.2. The molecule has 0 heterocycles. The minimum Gasteiger partial charge on any atom is -0.354 e. The van der Waals surface area contributed by atoms with Gasteiger partial charge in [0.05, 0.1) is 11.6 Å². The van der Waals surface area contributed by atoms with Crippen molar-refractivity contribution in [1.29, 1.82) is 5.26 Å². The second-order valence-corrected chi connectivity index (χ2v) is 5.70. The van der Waals surface area contributed by atoms with Crippen molar-refractivity contribution in [2.75, 3.05) is 6.54 Å². The van der Waals surface area contributed by atoms with Crippen molar-refractivity contribution in [2.45, 2.75) is 25.8 Å². The first-order chi connectivity index (χ1) is 12.1. The van der Waals surface area contributed by atoms with E-state index < -0.39 is 6.04 Å². The Kier molecular flexibility index (Phi) is 6.73. The largest absolute Gasteiger partial charge is 0.354 e. The third kappa shape index (κ3) is 5.47. The molecular weight excluding hydrogens is 314 g/mol. The SMILES string of the molecule is CCCNC(=O)C(Cc1ccccc1)NC(=O)c1ccc(C#N)cc1. The van der Waals surface area contributed by atoms with Crippen LogP contribution in [-0.4, -0.2) is 24.4 Å². The molecule has 0 bridgehead atoms. The number of nitrogens with zero attached hydrogens (tertiary/aromatic N) is 1. The first kappa shape index (κ1) is 18.2. The number of hydrogen-bond acceptors (Lipinski definition) is 3. The van der Waals surface area contributed by atoms with E-state index >= 15 is 0 Å². The van der Waals surface area contributed by atoms with E-state index in [0.717, 1.165) is 12.0 Å². The number of nitrogens with one attached hydrogen (secondary N) is 2. The number of carbonyl (C=O) groups excluding carboxylic acids is 2. The van der Waals surface area contributed by atoms with E-state index in [2.05, 4.69) is 10.6 Å². The lowest BCUT2D eigenvalue weighted by atomic mass is 10.0. The van der Waals surface area contributed by atoms with Crippen LogP contribution in [0.3, 0.4) is 0 Å². The summed E-state index contributed by atoms with van der Waals surface area (Å²) in [6.45, 7) is 2.54. The lowest BCUT2D eigenvalue weighted by molar-refractivity contribution is -0.122. The van der Waals surface area contributed by atoms with Gasteiger partial charge in [-0.15, -0.1) is 0 Å². The molecule has 0 saturated heterocycles. The summed E-state index contributed by atoms with van der Waals surface area (Å²) in [7, 11) is 0. The van der Waals surface area contributed by atoms with E-state index in [1.165, 1.54) is 0 Å². The van der Waals surface area contributed by atoms with Gasteiger partial charge in [-0.3, -0.25) is 9.59 Å². The summed E-state index contributed by atoms with van der Waals surface area (Å²) >= 11 is 0. The predicted molar refractivity (Wildman–Crippen MR) is 95.9 cm³/mol. The summed E-state index contributed by atoms with van der Waals surface area (Å²) < 4.78 is 0. The van der Waals surface area contributed by atoms with E-state index in [9.17, 15) is 9.59 Å². The Morgan fingerprint density at radius 3 is 2.36 bits per heavy atom. The van der Waals surface area contributed by atoms with Crippen LogP contribution in [-0.2, 0) is 11.2 Å². The molecule has 2 amide bonds. The van der Waals surface area contributed by atoms with E-state index in [1.54, 1.807) is 24.3 Å². The van der Waals surface area contributed by atoms with Crippen LogP contribution >= 0.6 is 0 Å². The van der Waals surface area contributed by atoms with Gasteiger partial charge in [0.15, 0.2) is 0 Å². The molecule has 2 aromatic rings. The number of nitriles is 1. The van der Waals surface area contributed by atoms with E-state index in [4.69, 9.17) is 5.26 Å². The van der Waals surface area contributed by atoms with Gasteiger partial charge in [-0.2, -0.15) is 5.26 Å². The molecule has 0 aliphatic carbocycles. The second-order valence-electron chi connectivity index (χ2n) is 5.70. The van der Waals surface area contributed by atoms with E-state index in [0.29, 0.717) is 24.1 Å². The number of amides is 2. The van der Waals surface area contributed by atoms with Crippen molar-refractivity contribution in [3.8, 4) is 6.07 Å². The lowest BCUT2D eigenvalue weighted by Gasteiger charge is -2.18. The zero-order valence-electron chi connectivity index (χ0n) is 14.2. The van der Waals surface area contributed by atoms with E-state index in [1.807, 2.05) is 43.3 Å². The summed E-state index contributed by atoms with van der Waals surface area (Å²) in [6, 6.07) is 17.2. The van der Waals surface area contributed by atoms with Crippen molar-refractivity contribution in [3.05, 3.63) is 71.3 Å². The lowest BCUT2D eigenvalue weighted by Crippen LogP contribution is -2.48. The third-order valence-electron chi connectivity index (χ3n) is 3.73. The minimum absolute atomic E-state index is 0.201. The molecule has 128 valence electrons. The highest BCUT2D eigenvalue weighted by Gasteiger charge is 2.21. The molecule has 5 nitrogen and oxygen atoms in total. The topological polar surface area (TPSA) is 82.0 Å². The van der Waals surface area contributed by atoms with Gasteiger partial charge in [0.2, 0.25) is 5.91 Å².